The number of benzene rings is 2. The van der Waals surface area contributed by atoms with Crippen molar-refractivity contribution in [2.75, 3.05) is 20.3 Å². The van der Waals surface area contributed by atoms with Crippen LogP contribution in [0.4, 0.5) is 0 Å². The van der Waals surface area contributed by atoms with Crippen molar-refractivity contribution in [2.24, 2.45) is 0 Å². The van der Waals surface area contributed by atoms with Gasteiger partial charge in [0.25, 0.3) is 0 Å². The summed E-state index contributed by atoms with van der Waals surface area (Å²) in [5.41, 5.74) is 0. The Bertz CT molecular complexity index is 451. The largest absolute Gasteiger partial charge is 0.394 e. The van der Waals surface area contributed by atoms with E-state index in [4.69, 9.17) is 20.2 Å². The molecule has 0 heterocycles. The first-order valence-corrected chi connectivity index (χ1v) is 9.12. The Balaban J connectivity index is 2.33. The van der Waals surface area contributed by atoms with E-state index in [9.17, 15) is 0 Å². The second-order valence-corrected chi connectivity index (χ2v) is 8.40. The highest BCUT2D eigenvalue weighted by Gasteiger charge is 2.37. The van der Waals surface area contributed by atoms with Gasteiger partial charge in [-0.2, -0.15) is 0 Å². The predicted molar refractivity (Wildman–Crippen MR) is 81.6 cm³/mol. The second kappa shape index (κ2) is 6.87. The van der Waals surface area contributed by atoms with Crippen LogP contribution in [0.15, 0.2) is 60.7 Å². The first-order valence-electron chi connectivity index (χ1n) is 6.20. The summed E-state index contributed by atoms with van der Waals surface area (Å²) in [6, 6.07) is 20.0. The van der Waals surface area contributed by atoms with Gasteiger partial charge in [-0.15, -0.1) is 11.1 Å². The van der Waals surface area contributed by atoms with E-state index in [-0.39, 0.29) is 0 Å². The van der Waals surface area contributed by atoms with Crippen molar-refractivity contribution in [1.29, 1.82) is 0 Å². The predicted octanol–water partition coefficient (Wildman–Crippen LogP) is 2.14. The van der Waals surface area contributed by atoms with Gasteiger partial charge in [0.2, 0.25) is 0 Å². The zero-order chi connectivity index (χ0) is 13.6. The number of halogens is 1. The molecule has 0 spiro atoms. The SMILES string of the molecule is COCCO[Si](Cl)(c1ccccc1)c1ccccc1. The number of ether oxygens (including phenoxy) is 1. The highest BCUT2D eigenvalue weighted by Crippen LogP contribution is 2.12. The monoisotopic (exact) mass is 292 g/mol. The van der Waals surface area contributed by atoms with E-state index in [0.717, 1.165) is 10.4 Å². The second-order valence-electron chi connectivity index (χ2n) is 4.17. The molecule has 0 unspecified atom stereocenters. The summed E-state index contributed by atoms with van der Waals surface area (Å²) >= 11 is 6.89. The lowest BCUT2D eigenvalue weighted by Crippen LogP contribution is -2.56. The van der Waals surface area contributed by atoms with Crippen LogP contribution < -0.4 is 10.4 Å². The van der Waals surface area contributed by atoms with Crippen LogP contribution in [0, 0.1) is 0 Å². The highest BCUT2D eigenvalue weighted by atomic mass is 35.6. The molecular weight excluding hydrogens is 276 g/mol. The first kappa shape index (κ1) is 14.3. The summed E-state index contributed by atoms with van der Waals surface area (Å²) in [6.07, 6.45) is 0. The minimum Gasteiger partial charge on any atom is -0.394 e. The van der Waals surface area contributed by atoms with Crippen LogP contribution >= 0.6 is 11.1 Å². The molecular formula is C15H17ClO2Si. The third-order valence-corrected chi connectivity index (χ3v) is 7.27. The molecule has 0 fully saturated rings. The van der Waals surface area contributed by atoms with Gasteiger partial charge in [0.05, 0.1) is 13.2 Å². The van der Waals surface area contributed by atoms with Crippen LogP contribution in [0.2, 0.25) is 0 Å². The van der Waals surface area contributed by atoms with E-state index < -0.39 is 7.63 Å². The van der Waals surface area contributed by atoms with E-state index in [2.05, 4.69) is 0 Å². The van der Waals surface area contributed by atoms with Crippen molar-refractivity contribution in [3.8, 4) is 0 Å². The molecule has 2 nitrogen and oxygen atoms in total. The van der Waals surface area contributed by atoms with Crippen LogP contribution in [0.3, 0.4) is 0 Å². The van der Waals surface area contributed by atoms with Crippen molar-refractivity contribution in [3.63, 3.8) is 0 Å². The summed E-state index contributed by atoms with van der Waals surface area (Å²) in [5, 5.41) is 2.11. The Kier molecular flexibility index (Phi) is 5.16. The summed E-state index contributed by atoms with van der Waals surface area (Å²) < 4.78 is 11.1. The van der Waals surface area contributed by atoms with E-state index in [1.165, 1.54) is 0 Å². The molecule has 0 aliphatic heterocycles. The maximum absolute atomic E-state index is 6.89. The molecule has 0 aromatic heterocycles. The Morgan fingerprint density at radius 3 is 1.74 bits per heavy atom. The van der Waals surface area contributed by atoms with Gasteiger partial charge in [0, 0.05) is 7.11 Å². The lowest BCUT2D eigenvalue weighted by atomic mass is 10.4. The normalized spacial score (nSPS) is 11.5. The molecule has 0 saturated heterocycles. The van der Waals surface area contributed by atoms with Gasteiger partial charge >= 0.3 is 7.63 Å². The summed E-state index contributed by atoms with van der Waals surface area (Å²) in [4.78, 5) is 0. The van der Waals surface area contributed by atoms with Crippen molar-refractivity contribution >= 4 is 29.1 Å². The van der Waals surface area contributed by atoms with Gasteiger partial charge in [-0.05, 0) is 10.4 Å². The van der Waals surface area contributed by atoms with Gasteiger partial charge in [-0.25, -0.2) is 0 Å². The number of rotatable bonds is 6. The highest BCUT2D eigenvalue weighted by molar-refractivity contribution is 7.30. The maximum atomic E-state index is 6.89. The molecule has 0 bridgehead atoms. The van der Waals surface area contributed by atoms with Crippen LogP contribution in [0.5, 0.6) is 0 Å². The van der Waals surface area contributed by atoms with Crippen molar-refractivity contribution in [2.45, 2.75) is 0 Å². The van der Waals surface area contributed by atoms with E-state index >= 15 is 0 Å². The smallest absolute Gasteiger partial charge is 0.355 e. The minimum atomic E-state index is -2.65. The Morgan fingerprint density at radius 1 is 0.842 bits per heavy atom. The fourth-order valence-corrected chi connectivity index (χ4v) is 5.17. The van der Waals surface area contributed by atoms with E-state index in [1.807, 2.05) is 60.7 Å². The maximum Gasteiger partial charge on any atom is 0.355 e. The molecule has 2 aromatic rings. The first-order chi connectivity index (χ1) is 9.27. The molecule has 2 aromatic carbocycles. The molecule has 0 saturated carbocycles. The van der Waals surface area contributed by atoms with Crippen molar-refractivity contribution < 1.29 is 9.16 Å². The van der Waals surface area contributed by atoms with Gasteiger partial charge in [0.15, 0.2) is 0 Å². The molecule has 0 N–H and O–H groups in total. The molecule has 19 heavy (non-hydrogen) atoms. The fraction of sp³-hybridized carbons (Fsp3) is 0.200. The standard InChI is InChI=1S/C15H17ClO2Si/c1-17-12-13-18-19(16,14-8-4-2-5-9-14)15-10-6-3-7-11-15/h2-11H,12-13H2,1H3. The van der Waals surface area contributed by atoms with E-state index in [1.54, 1.807) is 7.11 Å². The molecule has 4 heteroatoms. The number of hydrogen-bond acceptors (Lipinski definition) is 2. The lowest BCUT2D eigenvalue weighted by Gasteiger charge is -2.25. The van der Waals surface area contributed by atoms with Gasteiger partial charge in [-0.3, -0.25) is 0 Å². The molecule has 2 rings (SSSR count). The summed E-state index contributed by atoms with van der Waals surface area (Å²) in [5.74, 6) is 0. The van der Waals surface area contributed by atoms with E-state index in [0.29, 0.717) is 13.2 Å². The topological polar surface area (TPSA) is 18.5 Å². The molecule has 0 atom stereocenters. The van der Waals surface area contributed by atoms with Crippen LogP contribution in [0.25, 0.3) is 0 Å². The van der Waals surface area contributed by atoms with Gasteiger partial charge in [-0.1, -0.05) is 60.7 Å². The summed E-state index contributed by atoms with van der Waals surface area (Å²) in [7, 11) is -0.988. The third-order valence-electron chi connectivity index (χ3n) is 2.88. The fourth-order valence-electron chi connectivity index (χ4n) is 1.90. The summed E-state index contributed by atoms with van der Waals surface area (Å²) in [6.45, 7) is 1.04. The van der Waals surface area contributed by atoms with Gasteiger partial charge < -0.3 is 9.16 Å². The van der Waals surface area contributed by atoms with Crippen molar-refractivity contribution in [1.82, 2.24) is 0 Å². The average molecular weight is 293 g/mol. The molecule has 0 aliphatic rings. The number of hydrogen-bond donors (Lipinski definition) is 0. The average Bonchev–Trinajstić information content (AvgIpc) is 2.49. The Morgan fingerprint density at radius 2 is 1.32 bits per heavy atom. The Labute approximate surface area is 119 Å². The quantitative estimate of drug-likeness (QED) is 0.461. The minimum absolute atomic E-state index is 0.496. The molecule has 0 radical (unpaired) electrons. The molecule has 100 valence electrons. The van der Waals surface area contributed by atoms with Gasteiger partial charge in [0.1, 0.15) is 0 Å². The molecule has 0 aliphatic carbocycles. The molecule has 0 amide bonds. The lowest BCUT2D eigenvalue weighted by molar-refractivity contribution is 0.147. The zero-order valence-corrected chi connectivity index (χ0v) is 12.6. The van der Waals surface area contributed by atoms with Crippen LogP contribution in [-0.2, 0) is 9.16 Å². The zero-order valence-electron chi connectivity index (χ0n) is 10.9. The third kappa shape index (κ3) is 3.45. The Hall–Kier alpha value is -1.13. The van der Waals surface area contributed by atoms with Crippen LogP contribution in [0.1, 0.15) is 0 Å². The number of methoxy groups -OCH3 is 1. The van der Waals surface area contributed by atoms with Crippen LogP contribution in [-0.4, -0.2) is 28.0 Å². The van der Waals surface area contributed by atoms with Crippen molar-refractivity contribution in [3.05, 3.63) is 60.7 Å².